The largest absolute Gasteiger partial charge is 0.493 e. The van der Waals surface area contributed by atoms with Gasteiger partial charge in [0.2, 0.25) is 13.1 Å². The Morgan fingerprint density at radius 1 is 1.05 bits per heavy atom. The predicted octanol–water partition coefficient (Wildman–Crippen LogP) is 0.711. The SMILES string of the molecule is COc1cc2c(O[C@H]3OC[C@](O)(CO)[C@H]3O)c3c(c(C4=CC5=C(CC4O)OCO5)c2cc1OC)C(=O)OC3. The zero-order valence-corrected chi connectivity index (χ0v) is 20.6. The van der Waals surface area contributed by atoms with Crippen molar-refractivity contribution in [3.8, 4) is 17.2 Å². The molecule has 12 nitrogen and oxygen atoms in total. The third kappa shape index (κ3) is 3.60. The van der Waals surface area contributed by atoms with Gasteiger partial charge in [0.05, 0.1) is 39.1 Å². The van der Waals surface area contributed by atoms with Gasteiger partial charge in [-0.1, -0.05) is 0 Å². The summed E-state index contributed by atoms with van der Waals surface area (Å²) in [5, 5.41) is 42.6. The molecule has 2 aromatic carbocycles. The first-order valence-corrected chi connectivity index (χ1v) is 11.9. The minimum absolute atomic E-state index is 0.0315. The molecule has 0 amide bonds. The average molecular weight is 530 g/mol. The van der Waals surface area contributed by atoms with Gasteiger partial charge in [-0.15, -0.1) is 0 Å². The summed E-state index contributed by atoms with van der Waals surface area (Å²) in [5.74, 6) is 1.22. The van der Waals surface area contributed by atoms with Crippen molar-refractivity contribution in [1.82, 2.24) is 0 Å². The summed E-state index contributed by atoms with van der Waals surface area (Å²) in [7, 11) is 2.94. The minimum Gasteiger partial charge on any atom is -0.493 e. The van der Waals surface area contributed by atoms with Crippen LogP contribution >= 0.6 is 0 Å². The van der Waals surface area contributed by atoms with E-state index < -0.39 is 36.7 Å². The Kier molecular flexibility index (Phi) is 5.89. The Labute approximate surface area is 216 Å². The molecular weight excluding hydrogens is 504 g/mol. The fraction of sp³-hybridized carbons (Fsp3) is 0.423. The first-order valence-electron chi connectivity index (χ1n) is 11.9. The summed E-state index contributed by atoms with van der Waals surface area (Å²) in [6, 6.07) is 3.30. The van der Waals surface area contributed by atoms with E-state index in [0.717, 1.165) is 0 Å². The molecule has 3 heterocycles. The molecule has 0 saturated carbocycles. The second-order valence-electron chi connectivity index (χ2n) is 9.40. The maximum Gasteiger partial charge on any atom is 0.339 e. The molecule has 0 radical (unpaired) electrons. The van der Waals surface area contributed by atoms with E-state index in [4.69, 9.17) is 33.2 Å². The number of methoxy groups -OCH3 is 2. The first kappa shape index (κ1) is 24.8. The summed E-state index contributed by atoms with van der Waals surface area (Å²) < 4.78 is 39.0. The molecule has 0 spiro atoms. The number of ether oxygens (including phenoxy) is 7. The molecule has 1 unspecified atom stereocenters. The van der Waals surface area contributed by atoms with Crippen LogP contribution in [-0.2, 0) is 25.6 Å². The van der Waals surface area contributed by atoms with Crippen LogP contribution < -0.4 is 14.2 Å². The monoisotopic (exact) mass is 530 g/mol. The van der Waals surface area contributed by atoms with Gasteiger partial charge in [-0.3, -0.25) is 0 Å². The van der Waals surface area contributed by atoms with Crippen molar-refractivity contribution in [1.29, 1.82) is 0 Å². The second kappa shape index (κ2) is 9.03. The van der Waals surface area contributed by atoms with Gasteiger partial charge >= 0.3 is 5.97 Å². The number of fused-ring (bicyclic) bond motifs is 2. The second-order valence-corrected chi connectivity index (χ2v) is 9.40. The van der Waals surface area contributed by atoms with Crippen LogP contribution in [0.5, 0.6) is 17.2 Å². The first-order chi connectivity index (χ1) is 18.3. The molecule has 3 aliphatic heterocycles. The fourth-order valence-electron chi connectivity index (χ4n) is 5.21. The summed E-state index contributed by atoms with van der Waals surface area (Å²) in [5.41, 5.74) is -0.572. The van der Waals surface area contributed by atoms with Crippen LogP contribution in [0.4, 0.5) is 0 Å². The van der Waals surface area contributed by atoms with E-state index in [1.807, 2.05) is 0 Å². The lowest BCUT2D eigenvalue weighted by Crippen LogP contribution is -2.48. The molecule has 6 rings (SSSR count). The molecule has 202 valence electrons. The van der Waals surface area contributed by atoms with Crippen molar-refractivity contribution < 1.29 is 58.4 Å². The topological polar surface area (TPSA) is 163 Å². The van der Waals surface area contributed by atoms with E-state index in [1.165, 1.54) is 14.2 Å². The number of esters is 1. The highest BCUT2D eigenvalue weighted by Crippen LogP contribution is 2.49. The molecule has 4 N–H and O–H groups in total. The maximum atomic E-state index is 13.1. The molecule has 1 aliphatic carbocycles. The van der Waals surface area contributed by atoms with Crippen molar-refractivity contribution in [3.05, 3.63) is 46.4 Å². The highest BCUT2D eigenvalue weighted by atomic mass is 16.7. The van der Waals surface area contributed by atoms with Crippen molar-refractivity contribution in [2.24, 2.45) is 0 Å². The normalized spacial score (nSPS) is 27.9. The standard InChI is InChI=1S/C26H26O12/c1-32-16-3-11-12(4-17(16)33-2)22(38-25-23(29)26(31,8-27)9-35-25)14-7-34-24(30)21(14)20(11)13-5-18-19(6-15(13)28)37-10-36-18/h3-5,15,23,25,27-29,31H,6-10H2,1-2H3/t15?,23-,25+,26+/m0/s1. The van der Waals surface area contributed by atoms with Crippen molar-refractivity contribution >= 4 is 22.3 Å². The lowest BCUT2D eigenvalue weighted by atomic mass is 9.84. The number of hydrogen-bond donors (Lipinski definition) is 4. The molecule has 2 aromatic rings. The Hall–Kier alpha value is -3.55. The predicted molar refractivity (Wildman–Crippen MR) is 127 cm³/mol. The highest BCUT2D eigenvalue weighted by Gasteiger charge is 2.50. The zero-order valence-electron chi connectivity index (χ0n) is 20.6. The number of aliphatic hydroxyl groups excluding tert-OH is 3. The summed E-state index contributed by atoms with van der Waals surface area (Å²) in [4.78, 5) is 13.1. The maximum absolute atomic E-state index is 13.1. The van der Waals surface area contributed by atoms with Crippen molar-refractivity contribution in [2.45, 2.75) is 37.1 Å². The number of carbonyl (C=O) groups excluding carboxylic acids is 1. The Balaban J connectivity index is 1.61. The van der Waals surface area contributed by atoms with Crippen LogP contribution in [0.2, 0.25) is 0 Å². The molecule has 12 heteroatoms. The summed E-state index contributed by atoms with van der Waals surface area (Å²) in [6.07, 6.45) is -2.16. The van der Waals surface area contributed by atoms with Gasteiger partial charge in [0, 0.05) is 22.9 Å². The van der Waals surface area contributed by atoms with Crippen LogP contribution in [0.3, 0.4) is 0 Å². The molecule has 4 atom stereocenters. The van der Waals surface area contributed by atoms with E-state index in [9.17, 15) is 25.2 Å². The summed E-state index contributed by atoms with van der Waals surface area (Å²) >= 11 is 0. The lowest BCUT2D eigenvalue weighted by molar-refractivity contribution is -0.115. The van der Waals surface area contributed by atoms with Gasteiger partial charge < -0.3 is 53.6 Å². The number of benzene rings is 2. The number of allylic oxidation sites excluding steroid dienone is 1. The van der Waals surface area contributed by atoms with Crippen molar-refractivity contribution in [2.75, 3.05) is 34.2 Å². The van der Waals surface area contributed by atoms with Crippen LogP contribution in [0.1, 0.15) is 27.9 Å². The van der Waals surface area contributed by atoms with E-state index in [1.54, 1.807) is 18.2 Å². The number of rotatable bonds is 6. The van der Waals surface area contributed by atoms with Gasteiger partial charge in [-0.05, 0) is 29.2 Å². The van der Waals surface area contributed by atoms with Gasteiger partial charge in [-0.25, -0.2) is 4.79 Å². The molecule has 38 heavy (non-hydrogen) atoms. The number of hydrogen-bond acceptors (Lipinski definition) is 12. The lowest BCUT2D eigenvalue weighted by Gasteiger charge is -2.27. The smallest absolute Gasteiger partial charge is 0.339 e. The molecule has 0 aromatic heterocycles. The molecule has 1 saturated heterocycles. The quantitative estimate of drug-likeness (QED) is 0.388. The van der Waals surface area contributed by atoms with Crippen LogP contribution in [0.15, 0.2) is 29.7 Å². The minimum atomic E-state index is -1.91. The Morgan fingerprint density at radius 3 is 2.47 bits per heavy atom. The molecular formula is C26H26O12. The zero-order chi connectivity index (χ0) is 26.8. The number of aliphatic hydroxyl groups is 4. The molecule has 1 fully saturated rings. The fourth-order valence-corrected chi connectivity index (χ4v) is 5.21. The van der Waals surface area contributed by atoms with E-state index >= 15 is 0 Å². The van der Waals surface area contributed by atoms with Crippen LogP contribution in [-0.4, -0.2) is 84.7 Å². The van der Waals surface area contributed by atoms with Crippen LogP contribution in [0.25, 0.3) is 16.3 Å². The van der Waals surface area contributed by atoms with Gasteiger partial charge in [0.25, 0.3) is 0 Å². The number of cyclic esters (lactones) is 1. The average Bonchev–Trinajstić information content (AvgIpc) is 3.61. The van der Waals surface area contributed by atoms with E-state index in [2.05, 4.69) is 0 Å². The molecule has 4 aliphatic rings. The van der Waals surface area contributed by atoms with E-state index in [-0.39, 0.29) is 37.7 Å². The van der Waals surface area contributed by atoms with Crippen molar-refractivity contribution in [3.63, 3.8) is 0 Å². The Morgan fingerprint density at radius 2 is 1.79 bits per heavy atom. The third-order valence-electron chi connectivity index (χ3n) is 7.26. The van der Waals surface area contributed by atoms with Gasteiger partial charge in [0.15, 0.2) is 17.3 Å². The summed E-state index contributed by atoms with van der Waals surface area (Å²) in [6.45, 7) is -1.22. The Bertz CT molecular complexity index is 1390. The third-order valence-corrected chi connectivity index (χ3v) is 7.26. The van der Waals surface area contributed by atoms with Gasteiger partial charge in [0.1, 0.15) is 29.8 Å². The highest BCUT2D eigenvalue weighted by molar-refractivity contribution is 6.11. The van der Waals surface area contributed by atoms with Crippen LogP contribution in [0, 0.1) is 0 Å². The molecule has 0 bridgehead atoms. The van der Waals surface area contributed by atoms with E-state index in [0.29, 0.717) is 50.5 Å². The number of carbonyl (C=O) groups is 1. The van der Waals surface area contributed by atoms with Gasteiger partial charge in [-0.2, -0.15) is 0 Å².